The van der Waals surface area contributed by atoms with E-state index in [0.717, 1.165) is 11.8 Å². The van der Waals surface area contributed by atoms with E-state index in [0.29, 0.717) is 16.2 Å². The highest BCUT2D eigenvalue weighted by atomic mass is 32.3. The fraction of sp³-hybridized carbons (Fsp3) is 0.286. The number of allylic oxidation sites excluding steroid dienone is 1. The summed E-state index contributed by atoms with van der Waals surface area (Å²) in [7, 11) is -4.14. The van der Waals surface area contributed by atoms with Crippen LogP contribution in [-0.4, -0.2) is 24.3 Å². The molecule has 14 heavy (non-hydrogen) atoms. The second-order valence-corrected chi connectivity index (χ2v) is 5.71. The molecule has 0 aliphatic carbocycles. The second-order valence-electron chi connectivity index (χ2n) is 2.55. The number of hydrogen-bond donors (Lipinski definition) is 1. The highest BCUT2D eigenvalue weighted by molar-refractivity contribution is 8.27. The zero-order valence-electron chi connectivity index (χ0n) is 7.64. The van der Waals surface area contributed by atoms with E-state index in [1.54, 1.807) is 13.2 Å². The minimum absolute atomic E-state index is 0.0738. The van der Waals surface area contributed by atoms with Gasteiger partial charge in [-0.1, -0.05) is 18.3 Å². The van der Waals surface area contributed by atoms with Gasteiger partial charge in [-0.3, -0.25) is 4.55 Å². The molecule has 0 aromatic heterocycles. The summed E-state index contributed by atoms with van der Waals surface area (Å²) in [4.78, 5) is 0. The first-order chi connectivity index (χ1) is 6.38. The number of rotatable bonds is 2. The number of hydrogen-bond acceptors (Lipinski definition) is 5. The average molecular weight is 251 g/mol. The van der Waals surface area contributed by atoms with Crippen LogP contribution < -0.4 is 0 Å². The van der Waals surface area contributed by atoms with Crippen molar-refractivity contribution in [2.24, 2.45) is 4.40 Å². The Morgan fingerprint density at radius 3 is 2.50 bits per heavy atom. The molecule has 0 saturated carbocycles. The molecule has 78 valence electrons. The van der Waals surface area contributed by atoms with Crippen molar-refractivity contribution in [3.63, 3.8) is 0 Å². The quantitative estimate of drug-likeness (QED) is 0.601. The molecule has 0 aromatic rings. The fourth-order valence-corrected chi connectivity index (χ4v) is 3.46. The summed E-state index contributed by atoms with van der Waals surface area (Å²) in [5.74, 6) is 0. The van der Waals surface area contributed by atoms with Crippen molar-refractivity contribution in [3.05, 3.63) is 22.0 Å². The van der Waals surface area contributed by atoms with Gasteiger partial charge in [-0.15, -0.1) is 0 Å². The van der Waals surface area contributed by atoms with Crippen LogP contribution in [0.1, 0.15) is 6.92 Å². The van der Waals surface area contributed by atoms with Crippen LogP contribution >= 0.6 is 23.7 Å². The predicted molar refractivity (Wildman–Crippen MR) is 61.9 cm³/mol. The average Bonchev–Trinajstić information content (AvgIpc) is 2.32. The summed E-state index contributed by atoms with van der Waals surface area (Å²) in [5, 5.41) is 0.530. The zero-order chi connectivity index (χ0) is 10.9. The summed E-state index contributed by atoms with van der Waals surface area (Å²) in [6.45, 7) is 5.30. The summed E-state index contributed by atoms with van der Waals surface area (Å²) in [6.07, 6.45) is 1.77. The van der Waals surface area contributed by atoms with E-state index in [1.165, 1.54) is 11.9 Å². The van der Waals surface area contributed by atoms with Crippen LogP contribution in [0.15, 0.2) is 26.4 Å². The van der Waals surface area contributed by atoms with Crippen molar-refractivity contribution in [2.75, 3.05) is 6.26 Å². The van der Waals surface area contributed by atoms with Gasteiger partial charge in [0.25, 0.3) is 0 Å². The third-order valence-corrected chi connectivity index (χ3v) is 4.77. The molecule has 7 heteroatoms. The first-order valence-corrected chi connectivity index (χ1v) is 6.98. The lowest BCUT2D eigenvalue weighted by Crippen LogP contribution is -1.97. The molecule has 1 N–H and O–H groups in total. The van der Waals surface area contributed by atoms with Crippen LogP contribution in [0.3, 0.4) is 0 Å². The molecule has 1 heterocycles. The van der Waals surface area contributed by atoms with Crippen molar-refractivity contribution >= 4 is 38.9 Å². The van der Waals surface area contributed by atoms with Crippen molar-refractivity contribution in [1.29, 1.82) is 0 Å². The maximum Gasteiger partial charge on any atom is 0.301 e. The monoisotopic (exact) mass is 251 g/mol. The van der Waals surface area contributed by atoms with Gasteiger partial charge in [0.15, 0.2) is 0 Å². The summed E-state index contributed by atoms with van der Waals surface area (Å²) >= 11 is 2.15. The predicted octanol–water partition coefficient (Wildman–Crippen LogP) is 2.09. The smallest absolute Gasteiger partial charge is 0.281 e. The first-order valence-electron chi connectivity index (χ1n) is 3.55. The lowest BCUT2D eigenvalue weighted by molar-refractivity contribution is 0.493. The van der Waals surface area contributed by atoms with Gasteiger partial charge in [-0.05, 0) is 24.4 Å². The van der Waals surface area contributed by atoms with Crippen molar-refractivity contribution in [2.45, 2.75) is 6.92 Å². The van der Waals surface area contributed by atoms with Crippen LogP contribution in [0, 0.1) is 0 Å². The van der Waals surface area contributed by atoms with E-state index in [9.17, 15) is 8.42 Å². The highest BCUT2D eigenvalue weighted by Crippen LogP contribution is 2.40. The van der Waals surface area contributed by atoms with E-state index in [2.05, 4.69) is 11.0 Å². The summed E-state index contributed by atoms with van der Waals surface area (Å²) in [5.41, 5.74) is 1.02. The normalized spacial score (nSPS) is 21.1. The lowest BCUT2D eigenvalue weighted by atomic mass is 10.2. The van der Waals surface area contributed by atoms with E-state index >= 15 is 0 Å². The minimum atomic E-state index is -4.14. The molecule has 4 nitrogen and oxygen atoms in total. The van der Waals surface area contributed by atoms with E-state index < -0.39 is 10.1 Å². The van der Waals surface area contributed by atoms with Crippen molar-refractivity contribution in [3.8, 4) is 0 Å². The van der Waals surface area contributed by atoms with Gasteiger partial charge >= 0.3 is 10.1 Å². The lowest BCUT2D eigenvalue weighted by Gasteiger charge is -1.94. The van der Waals surface area contributed by atoms with Gasteiger partial charge in [0, 0.05) is 11.8 Å². The van der Waals surface area contributed by atoms with E-state index in [1.807, 2.05) is 0 Å². The maximum absolute atomic E-state index is 10.9. The van der Waals surface area contributed by atoms with Gasteiger partial charge in [0.1, 0.15) is 9.28 Å². The molecule has 0 unspecified atom stereocenters. The van der Waals surface area contributed by atoms with E-state index in [-0.39, 0.29) is 4.24 Å². The fourth-order valence-electron chi connectivity index (χ4n) is 0.912. The summed E-state index contributed by atoms with van der Waals surface area (Å²) in [6, 6.07) is 0. The third-order valence-electron chi connectivity index (χ3n) is 1.61. The van der Waals surface area contributed by atoms with Crippen molar-refractivity contribution < 1.29 is 13.0 Å². The Labute approximate surface area is 91.4 Å². The van der Waals surface area contributed by atoms with Crippen LogP contribution in [-0.2, 0) is 10.1 Å². The Balaban J connectivity index is 3.16. The SMILES string of the molecule is C=C1C(=NSC)SC(S(=O)(=O)O)=C1C. The molecular formula is C7H9NO3S3. The van der Waals surface area contributed by atoms with Crippen LogP contribution in [0.5, 0.6) is 0 Å². The Hall–Kier alpha value is -0.240. The van der Waals surface area contributed by atoms with Gasteiger partial charge in [0.05, 0.1) is 0 Å². The number of nitrogens with zero attached hydrogens (tertiary/aromatic N) is 1. The Bertz CT molecular complexity index is 433. The maximum atomic E-state index is 10.9. The topological polar surface area (TPSA) is 66.7 Å². The highest BCUT2D eigenvalue weighted by Gasteiger charge is 2.30. The molecule has 0 fully saturated rings. The molecule has 0 spiro atoms. The molecule has 0 amide bonds. The van der Waals surface area contributed by atoms with Crippen LogP contribution in [0.4, 0.5) is 0 Å². The summed E-state index contributed by atoms with van der Waals surface area (Å²) < 4.78 is 34.6. The van der Waals surface area contributed by atoms with Gasteiger partial charge in [0.2, 0.25) is 0 Å². The Kier molecular flexibility index (Phi) is 3.46. The Morgan fingerprint density at radius 2 is 2.14 bits per heavy atom. The van der Waals surface area contributed by atoms with E-state index in [4.69, 9.17) is 4.55 Å². The van der Waals surface area contributed by atoms with Gasteiger partial charge < -0.3 is 0 Å². The molecule has 0 radical (unpaired) electrons. The Morgan fingerprint density at radius 1 is 1.57 bits per heavy atom. The molecule has 1 aliphatic heterocycles. The largest absolute Gasteiger partial charge is 0.301 e. The molecule has 0 bridgehead atoms. The molecule has 0 atom stereocenters. The van der Waals surface area contributed by atoms with Crippen molar-refractivity contribution in [1.82, 2.24) is 0 Å². The first kappa shape index (κ1) is 11.8. The molecular weight excluding hydrogens is 242 g/mol. The molecule has 1 rings (SSSR count). The standard InChI is InChI=1S/C7H9NO3S3/c1-4-5(2)7(14(9,10)11)13-6(4)8-12-3/h1H2,2-3H3,(H,9,10,11). The molecule has 0 aromatic carbocycles. The van der Waals surface area contributed by atoms with Crippen LogP contribution in [0.2, 0.25) is 0 Å². The zero-order valence-corrected chi connectivity index (χ0v) is 10.1. The number of thioether (sulfide) groups is 1. The van der Waals surface area contributed by atoms with Crippen LogP contribution in [0.25, 0.3) is 0 Å². The minimum Gasteiger partial charge on any atom is -0.281 e. The third kappa shape index (κ3) is 2.22. The van der Waals surface area contributed by atoms with Gasteiger partial charge in [-0.2, -0.15) is 8.42 Å². The second kappa shape index (κ2) is 4.09. The molecule has 1 aliphatic rings. The molecule has 0 saturated heterocycles. The van der Waals surface area contributed by atoms with Gasteiger partial charge in [-0.25, -0.2) is 4.40 Å².